The van der Waals surface area contributed by atoms with Crippen LogP contribution in [-0.4, -0.2) is 28.7 Å². The first-order chi connectivity index (χ1) is 18.6. The largest absolute Gasteiger partial charge is 0.489 e. The van der Waals surface area contributed by atoms with Crippen molar-refractivity contribution in [2.75, 3.05) is 7.11 Å². The number of ether oxygens (including phenoxy) is 2. The number of alkyl halides is 1. The summed E-state index contributed by atoms with van der Waals surface area (Å²) in [5.41, 5.74) is 3.14. The Labute approximate surface area is 242 Å². The minimum atomic E-state index is -1.29. The molecule has 3 atom stereocenters. The number of aliphatic hydroxyl groups is 1. The summed E-state index contributed by atoms with van der Waals surface area (Å²) in [5, 5.41) is 15.6. The molecule has 2 aliphatic carbocycles. The Morgan fingerprint density at radius 2 is 1.90 bits per heavy atom. The molecule has 3 unspecified atom stereocenters. The molecular weight excluding hydrogens is 561 g/mol. The molecule has 0 saturated heterocycles. The van der Waals surface area contributed by atoms with E-state index in [1.165, 1.54) is 7.11 Å². The highest BCUT2D eigenvalue weighted by Crippen LogP contribution is 2.56. The second-order valence-electron chi connectivity index (χ2n) is 10.3. The molecule has 1 aromatic heterocycles. The summed E-state index contributed by atoms with van der Waals surface area (Å²) in [5.74, 6) is 1.13. The Hall–Kier alpha value is -2.77. The van der Waals surface area contributed by atoms with Crippen molar-refractivity contribution in [1.29, 1.82) is 0 Å². The highest BCUT2D eigenvalue weighted by Gasteiger charge is 2.40. The summed E-state index contributed by atoms with van der Waals surface area (Å²) in [4.78, 5) is 11.7. The summed E-state index contributed by atoms with van der Waals surface area (Å²) >= 11 is 19.7. The third-order valence-corrected chi connectivity index (χ3v) is 8.13. The van der Waals surface area contributed by atoms with Gasteiger partial charge >= 0.3 is 5.97 Å². The van der Waals surface area contributed by atoms with Gasteiger partial charge in [0.1, 0.15) is 23.7 Å². The molecule has 0 amide bonds. The van der Waals surface area contributed by atoms with E-state index in [1.54, 1.807) is 38.1 Å². The molecule has 1 saturated carbocycles. The van der Waals surface area contributed by atoms with Crippen LogP contribution in [0.4, 0.5) is 0 Å². The average Bonchev–Trinajstić information content (AvgIpc) is 3.57. The van der Waals surface area contributed by atoms with Gasteiger partial charge in [-0.15, -0.1) is 11.6 Å². The molecule has 5 rings (SSSR count). The number of hydrogen-bond donors (Lipinski definition) is 1. The monoisotopic (exact) mass is 587 g/mol. The quantitative estimate of drug-likeness (QED) is 0.214. The number of allylic oxidation sites excluding steroid dienone is 4. The molecule has 1 fully saturated rings. The van der Waals surface area contributed by atoms with E-state index in [2.05, 4.69) is 5.16 Å². The predicted molar refractivity (Wildman–Crippen MR) is 152 cm³/mol. The van der Waals surface area contributed by atoms with Crippen molar-refractivity contribution in [3.05, 3.63) is 98.4 Å². The SMILES string of the molecule is COC(=O)c1ccc(C2CC2c2ccc(OCc3c(C4=C(Cl)C=CCC4Cl)noc3C(C)(C)O)cc2Cl)cc1. The molecule has 1 N–H and O–H groups in total. The lowest BCUT2D eigenvalue weighted by molar-refractivity contribution is 0.0451. The number of benzene rings is 2. The highest BCUT2D eigenvalue weighted by atomic mass is 35.5. The van der Waals surface area contributed by atoms with E-state index in [0.717, 1.165) is 17.5 Å². The number of rotatable bonds is 8. The molecule has 2 aliphatic rings. The first-order valence-electron chi connectivity index (χ1n) is 12.6. The number of hydrogen-bond acceptors (Lipinski definition) is 6. The van der Waals surface area contributed by atoms with Gasteiger partial charge in [0.2, 0.25) is 0 Å². The van der Waals surface area contributed by atoms with Crippen molar-refractivity contribution in [3.8, 4) is 5.75 Å². The van der Waals surface area contributed by atoms with Crippen molar-refractivity contribution in [3.63, 3.8) is 0 Å². The van der Waals surface area contributed by atoms with Crippen LogP contribution < -0.4 is 4.74 Å². The second kappa shape index (κ2) is 11.0. The van der Waals surface area contributed by atoms with Crippen LogP contribution in [0.5, 0.6) is 5.75 Å². The zero-order valence-electron chi connectivity index (χ0n) is 21.7. The first-order valence-corrected chi connectivity index (χ1v) is 13.8. The number of aromatic nitrogens is 1. The van der Waals surface area contributed by atoms with E-state index in [0.29, 0.717) is 50.5 Å². The van der Waals surface area contributed by atoms with E-state index < -0.39 is 5.60 Å². The smallest absolute Gasteiger partial charge is 0.337 e. The zero-order valence-corrected chi connectivity index (χ0v) is 24.0. The lowest BCUT2D eigenvalue weighted by Gasteiger charge is -2.19. The van der Waals surface area contributed by atoms with Gasteiger partial charge in [-0.3, -0.25) is 0 Å². The van der Waals surface area contributed by atoms with Crippen molar-refractivity contribution in [2.24, 2.45) is 0 Å². The fourth-order valence-corrected chi connectivity index (χ4v) is 5.99. The van der Waals surface area contributed by atoms with Crippen molar-refractivity contribution >= 4 is 46.3 Å². The number of nitrogens with zero attached hydrogens (tertiary/aromatic N) is 1. The van der Waals surface area contributed by atoms with Crippen molar-refractivity contribution in [1.82, 2.24) is 5.16 Å². The van der Waals surface area contributed by atoms with Gasteiger partial charge in [-0.2, -0.15) is 0 Å². The van der Waals surface area contributed by atoms with Crippen LogP contribution in [0.2, 0.25) is 5.02 Å². The molecule has 2 aromatic carbocycles. The number of carbonyl (C=O) groups excluding carboxylic acids is 1. The van der Waals surface area contributed by atoms with Gasteiger partial charge in [-0.1, -0.05) is 52.6 Å². The Morgan fingerprint density at radius 3 is 2.54 bits per heavy atom. The maximum atomic E-state index is 11.7. The summed E-state index contributed by atoms with van der Waals surface area (Å²) < 4.78 is 16.4. The zero-order chi connectivity index (χ0) is 27.9. The number of methoxy groups -OCH3 is 1. The number of esters is 1. The van der Waals surface area contributed by atoms with E-state index in [-0.39, 0.29) is 29.6 Å². The lowest BCUT2D eigenvalue weighted by Crippen LogP contribution is -2.18. The van der Waals surface area contributed by atoms with Gasteiger partial charge in [0, 0.05) is 15.6 Å². The summed E-state index contributed by atoms with van der Waals surface area (Å²) in [6.45, 7) is 3.32. The number of halogens is 3. The fraction of sp³-hybridized carbons (Fsp3) is 0.333. The predicted octanol–water partition coefficient (Wildman–Crippen LogP) is 7.71. The Kier molecular flexibility index (Phi) is 7.84. The van der Waals surface area contributed by atoms with E-state index in [4.69, 9.17) is 48.8 Å². The van der Waals surface area contributed by atoms with Crippen LogP contribution in [0.25, 0.3) is 5.57 Å². The van der Waals surface area contributed by atoms with Gasteiger partial charge in [0.25, 0.3) is 0 Å². The molecule has 9 heteroatoms. The standard InChI is InChI=1S/C30H28Cl3NO5/c1-30(2,36)28-22(27(34-39-28)26-23(31)5-4-6-24(26)32)15-38-18-11-12-19(25(33)13-18)21-14-20(21)16-7-9-17(10-8-16)29(35)37-3/h4-5,7-13,20-21,24,36H,6,14-15H2,1-3H3. The third kappa shape index (κ3) is 5.75. The summed E-state index contributed by atoms with van der Waals surface area (Å²) in [6.07, 6.45) is 5.27. The van der Waals surface area contributed by atoms with Crippen LogP contribution >= 0.6 is 34.8 Å². The molecule has 1 heterocycles. The van der Waals surface area contributed by atoms with Gasteiger partial charge in [-0.05, 0) is 80.0 Å². The molecule has 3 aromatic rings. The van der Waals surface area contributed by atoms with E-state index in [9.17, 15) is 9.90 Å². The van der Waals surface area contributed by atoms with Crippen LogP contribution in [0.15, 0.2) is 64.2 Å². The van der Waals surface area contributed by atoms with Crippen LogP contribution in [-0.2, 0) is 16.9 Å². The molecule has 6 nitrogen and oxygen atoms in total. The molecule has 0 spiro atoms. The van der Waals surface area contributed by atoms with Crippen molar-refractivity contribution < 1.29 is 23.9 Å². The molecule has 0 radical (unpaired) electrons. The third-order valence-electron chi connectivity index (χ3n) is 7.08. The minimum absolute atomic E-state index is 0.0768. The van der Waals surface area contributed by atoms with Crippen LogP contribution in [0, 0.1) is 0 Å². The summed E-state index contributed by atoms with van der Waals surface area (Å²) in [6, 6.07) is 13.2. The van der Waals surface area contributed by atoms with Crippen LogP contribution in [0.1, 0.15) is 77.0 Å². The Bertz CT molecular complexity index is 1450. The normalized spacial score (nSPS) is 20.7. The molecule has 39 heavy (non-hydrogen) atoms. The first kappa shape index (κ1) is 27.8. The maximum absolute atomic E-state index is 11.7. The molecular formula is C30H28Cl3NO5. The minimum Gasteiger partial charge on any atom is -0.489 e. The molecule has 204 valence electrons. The van der Waals surface area contributed by atoms with Crippen LogP contribution in [0.3, 0.4) is 0 Å². The topological polar surface area (TPSA) is 81.8 Å². The lowest BCUT2D eigenvalue weighted by atomic mass is 9.94. The van der Waals surface area contributed by atoms with Gasteiger partial charge in [0.15, 0.2) is 5.76 Å². The van der Waals surface area contributed by atoms with E-state index in [1.807, 2.05) is 30.3 Å². The van der Waals surface area contributed by atoms with Gasteiger partial charge in [0.05, 0.1) is 23.6 Å². The highest BCUT2D eigenvalue weighted by molar-refractivity contribution is 6.38. The number of carbonyl (C=O) groups is 1. The Morgan fingerprint density at radius 1 is 1.15 bits per heavy atom. The fourth-order valence-electron chi connectivity index (χ4n) is 4.99. The van der Waals surface area contributed by atoms with E-state index >= 15 is 0 Å². The second-order valence-corrected chi connectivity index (χ2v) is 11.6. The van der Waals surface area contributed by atoms with Gasteiger partial charge < -0.3 is 19.1 Å². The van der Waals surface area contributed by atoms with Crippen molar-refractivity contribution in [2.45, 2.75) is 56.1 Å². The maximum Gasteiger partial charge on any atom is 0.337 e. The van der Waals surface area contributed by atoms with Gasteiger partial charge in [-0.25, -0.2) is 4.79 Å². The summed E-state index contributed by atoms with van der Waals surface area (Å²) in [7, 11) is 1.37. The average molecular weight is 589 g/mol. The Balaban J connectivity index is 1.33. The molecule has 0 aliphatic heterocycles. The molecule has 0 bridgehead atoms.